The number of hydrogen-bond acceptors (Lipinski definition) is 3. The van der Waals surface area contributed by atoms with Crippen LogP contribution in [0.4, 0.5) is 5.69 Å². The molecule has 0 saturated carbocycles. The lowest BCUT2D eigenvalue weighted by molar-refractivity contribution is -0.116. The Morgan fingerprint density at radius 3 is 2.27 bits per heavy atom. The minimum Gasteiger partial charge on any atom is -0.325 e. The van der Waals surface area contributed by atoms with Crippen LogP contribution in [0.2, 0.25) is 5.02 Å². The van der Waals surface area contributed by atoms with E-state index >= 15 is 0 Å². The monoisotopic (exact) mass is 394 g/mol. The zero-order valence-corrected chi connectivity index (χ0v) is 16.6. The number of carbonyl (C=O) groups is 1. The molecule has 0 bridgehead atoms. The molecule has 0 aliphatic heterocycles. The van der Waals surface area contributed by atoms with Crippen molar-refractivity contribution in [1.29, 1.82) is 0 Å². The standard InChI is InChI=1S/C19H23ClN2O3S/c1-14(2)15-8-10-17(11-9-15)21-19(23)13-22(26(3,24)25)12-16-6-4-5-7-18(16)20/h4-11,14H,12-13H2,1-3H3,(H,21,23). The van der Waals surface area contributed by atoms with Crippen LogP contribution in [0.15, 0.2) is 48.5 Å². The number of nitrogens with zero attached hydrogens (tertiary/aromatic N) is 1. The molecular weight excluding hydrogens is 372 g/mol. The van der Waals surface area contributed by atoms with E-state index in [9.17, 15) is 13.2 Å². The van der Waals surface area contributed by atoms with Gasteiger partial charge in [0.2, 0.25) is 15.9 Å². The van der Waals surface area contributed by atoms with E-state index < -0.39 is 15.9 Å². The van der Waals surface area contributed by atoms with E-state index in [1.807, 2.05) is 24.3 Å². The maximum atomic E-state index is 12.3. The van der Waals surface area contributed by atoms with E-state index in [4.69, 9.17) is 11.6 Å². The zero-order valence-electron chi connectivity index (χ0n) is 15.1. The van der Waals surface area contributed by atoms with Crippen LogP contribution >= 0.6 is 11.6 Å². The molecule has 2 aromatic carbocycles. The molecule has 0 heterocycles. The second-order valence-corrected chi connectivity index (χ2v) is 8.84. The van der Waals surface area contributed by atoms with Crippen molar-refractivity contribution < 1.29 is 13.2 Å². The smallest absolute Gasteiger partial charge is 0.239 e. The maximum Gasteiger partial charge on any atom is 0.239 e. The number of benzene rings is 2. The summed E-state index contributed by atoms with van der Waals surface area (Å²) in [6.07, 6.45) is 1.08. The molecule has 0 aromatic heterocycles. The summed E-state index contributed by atoms with van der Waals surface area (Å²) in [5, 5.41) is 3.20. The topological polar surface area (TPSA) is 66.5 Å². The molecule has 140 valence electrons. The van der Waals surface area contributed by atoms with Gasteiger partial charge >= 0.3 is 0 Å². The van der Waals surface area contributed by atoms with Crippen molar-refractivity contribution in [2.45, 2.75) is 26.3 Å². The SMILES string of the molecule is CC(C)c1ccc(NC(=O)CN(Cc2ccccc2Cl)S(C)(=O)=O)cc1. The molecule has 0 radical (unpaired) electrons. The third-order valence-corrected chi connectivity index (χ3v) is 5.52. The summed E-state index contributed by atoms with van der Waals surface area (Å²) in [6.45, 7) is 3.94. The molecule has 26 heavy (non-hydrogen) atoms. The van der Waals surface area contributed by atoms with Crippen LogP contribution in [0, 0.1) is 0 Å². The van der Waals surface area contributed by atoms with E-state index in [-0.39, 0.29) is 13.1 Å². The number of hydrogen-bond donors (Lipinski definition) is 1. The van der Waals surface area contributed by atoms with Gasteiger partial charge in [-0.3, -0.25) is 4.79 Å². The minimum absolute atomic E-state index is 0.0399. The van der Waals surface area contributed by atoms with Crippen LogP contribution in [0.1, 0.15) is 30.9 Å². The molecule has 5 nitrogen and oxygen atoms in total. The van der Waals surface area contributed by atoms with Gasteiger partial charge in [-0.25, -0.2) is 8.42 Å². The lowest BCUT2D eigenvalue weighted by Gasteiger charge is -2.20. The van der Waals surface area contributed by atoms with Gasteiger partial charge in [-0.05, 0) is 35.2 Å². The van der Waals surface area contributed by atoms with Crippen molar-refractivity contribution >= 4 is 33.2 Å². The summed E-state index contributed by atoms with van der Waals surface area (Å²) >= 11 is 6.10. The number of nitrogens with one attached hydrogen (secondary N) is 1. The third-order valence-electron chi connectivity index (χ3n) is 3.95. The van der Waals surface area contributed by atoms with Crippen LogP contribution in [0.3, 0.4) is 0 Å². The lowest BCUT2D eigenvalue weighted by Crippen LogP contribution is -2.37. The van der Waals surface area contributed by atoms with Gasteiger partial charge in [0.15, 0.2) is 0 Å². The largest absolute Gasteiger partial charge is 0.325 e. The highest BCUT2D eigenvalue weighted by molar-refractivity contribution is 7.88. The second kappa shape index (κ2) is 8.66. The summed E-state index contributed by atoms with van der Waals surface area (Å²) in [4.78, 5) is 12.3. The van der Waals surface area contributed by atoms with Gasteiger partial charge in [0, 0.05) is 17.3 Å². The van der Waals surface area contributed by atoms with Crippen molar-refractivity contribution in [3.8, 4) is 0 Å². The van der Waals surface area contributed by atoms with Crippen molar-refractivity contribution in [1.82, 2.24) is 4.31 Å². The fraction of sp³-hybridized carbons (Fsp3) is 0.316. The summed E-state index contributed by atoms with van der Waals surface area (Å²) < 4.78 is 25.2. The summed E-state index contributed by atoms with van der Waals surface area (Å²) in [7, 11) is -3.57. The Labute approximate surface area is 160 Å². The van der Waals surface area contributed by atoms with Crippen LogP contribution in [0.5, 0.6) is 0 Å². The van der Waals surface area contributed by atoms with Gasteiger partial charge in [0.25, 0.3) is 0 Å². The van der Waals surface area contributed by atoms with E-state index in [1.54, 1.807) is 24.3 Å². The Morgan fingerprint density at radius 2 is 1.73 bits per heavy atom. The molecule has 0 spiro atoms. The van der Waals surface area contributed by atoms with Gasteiger partial charge in [-0.1, -0.05) is 55.8 Å². The van der Waals surface area contributed by atoms with Crippen LogP contribution in [-0.4, -0.2) is 31.4 Å². The van der Waals surface area contributed by atoms with Crippen LogP contribution < -0.4 is 5.32 Å². The molecule has 2 rings (SSSR count). The van der Waals surface area contributed by atoms with Gasteiger partial charge < -0.3 is 5.32 Å². The first-order chi connectivity index (χ1) is 12.2. The van der Waals surface area contributed by atoms with Crippen molar-refractivity contribution in [3.05, 3.63) is 64.7 Å². The van der Waals surface area contributed by atoms with Gasteiger partial charge in [0.05, 0.1) is 12.8 Å². The molecule has 2 aromatic rings. The Hall–Kier alpha value is -1.89. The van der Waals surface area contributed by atoms with E-state index in [0.717, 1.165) is 10.6 Å². The molecule has 0 atom stereocenters. The Morgan fingerprint density at radius 1 is 1.12 bits per heavy atom. The lowest BCUT2D eigenvalue weighted by atomic mass is 10.0. The molecule has 0 saturated heterocycles. The molecule has 0 aliphatic rings. The highest BCUT2D eigenvalue weighted by Gasteiger charge is 2.21. The Kier molecular flexibility index (Phi) is 6.81. The van der Waals surface area contributed by atoms with Crippen LogP contribution in [0.25, 0.3) is 0 Å². The maximum absolute atomic E-state index is 12.3. The summed E-state index contributed by atoms with van der Waals surface area (Å²) in [6, 6.07) is 14.5. The highest BCUT2D eigenvalue weighted by Crippen LogP contribution is 2.19. The summed E-state index contributed by atoms with van der Waals surface area (Å²) in [5.41, 5.74) is 2.44. The molecule has 0 unspecified atom stereocenters. The quantitative estimate of drug-likeness (QED) is 0.775. The van der Waals surface area contributed by atoms with Gasteiger partial charge in [-0.15, -0.1) is 0 Å². The average molecular weight is 395 g/mol. The Bertz CT molecular complexity index is 865. The zero-order chi connectivity index (χ0) is 19.3. The molecule has 0 aliphatic carbocycles. The average Bonchev–Trinajstić information content (AvgIpc) is 2.55. The molecule has 1 amide bonds. The van der Waals surface area contributed by atoms with Crippen LogP contribution in [-0.2, 0) is 21.4 Å². The number of amides is 1. The number of rotatable bonds is 7. The van der Waals surface area contributed by atoms with E-state index in [2.05, 4.69) is 19.2 Å². The highest BCUT2D eigenvalue weighted by atomic mass is 35.5. The molecular formula is C19H23ClN2O3S. The fourth-order valence-corrected chi connectivity index (χ4v) is 3.34. The Balaban J connectivity index is 2.08. The number of sulfonamides is 1. The van der Waals surface area contributed by atoms with Crippen molar-refractivity contribution in [2.24, 2.45) is 0 Å². The van der Waals surface area contributed by atoms with E-state index in [1.165, 1.54) is 5.56 Å². The van der Waals surface area contributed by atoms with Gasteiger partial charge in [-0.2, -0.15) is 4.31 Å². The van der Waals surface area contributed by atoms with Crippen molar-refractivity contribution in [3.63, 3.8) is 0 Å². The fourth-order valence-electron chi connectivity index (χ4n) is 2.42. The number of carbonyl (C=O) groups excluding carboxylic acids is 1. The molecule has 7 heteroatoms. The first kappa shape index (κ1) is 20.4. The molecule has 0 fully saturated rings. The second-order valence-electron chi connectivity index (χ2n) is 6.45. The normalized spacial score (nSPS) is 11.8. The third kappa shape index (κ3) is 5.83. The van der Waals surface area contributed by atoms with E-state index in [0.29, 0.717) is 22.2 Å². The first-order valence-corrected chi connectivity index (χ1v) is 10.5. The predicted octanol–water partition coefficient (Wildman–Crippen LogP) is 3.86. The minimum atomic E-state index is -3.57. The first-order valence-electron chi connectivity index (χ1n) is 8.25. The predicted molar refractivity (Wildman–Crippen MR) is 106 cm³/mol. The summed E-state index contributed by atoms with van der Waals surface area (Å²) in [5.74, 6) is -0.00382. The number of halogens is 1. The molecule has 1 N–H and O–H groups in total. The van der Waals surface area contributed by atoms with Gasteiger partial charge in [0.1, 0.15) is 0 Å². The van der Waals surface area contributed by atoms with Crippen molar-refractivity contribution in [2.75, 3.05) is 18.1 Å². The number of anilines is 1.